The highest BCUT2D eigenvalue weighted by molar-refractivity contribution is 5.92. The molecule has 1 saturated carbocycles. The average Bonchev–Trinajstić information content (AvgIpc) is 2.95. The fourth-order valence-corrected chi connectivity index (χ4v) is 3.00. The Balaban J connectivity index is 1.68. The van der Waals surface area contributed by atoms with Crippen LogP contribution in [0, 0.1) is 0 Å². The van der Waals surface area contributed by atoms with E-state index in [1.165, 1.54) is 19.3 Å². The highest BCUT2D eigenvalue weighted by Crippen LogP contribution is 2.22. The van der Waals surface area contributed by atoms with Crippen molar-refractivity contribution in [2.45, 2.75) is 38.1 Å². The topological polar surface area (TPSA) is 33.5 Å². The molecule has 0 unspecified atom stereocenters. The van der Waals surface area contributed by atoms with Crippen LogP contribution >= 0.6 is 0 Å². The van der Waals surface area contributed by atoms with Crippen molar-refractivity contribution in [2.24, 2.45) is 0 Å². The number of nitrogens with zero attached hydrogens (tertiary/aromatic N) is 1. The van der Waals surface area contributed by atoms with E-state index in [0.717, 1.165) is 29.6 Å². The maximum Gasteiger partial charge on any atom is 0.246 e. The van der Waals surface area contributed by atoms with Crippen LogP contribution in [-0.2, 0) is 4.79 Å². The first-order chi connectivity index (χ1) is 10.2. The fourth-order valence-electron chi connectivity index (χ4n) is 3.00. The Morgan fingerprint density at radius 3 is 2.76 bits per heavy atom. The van der Waals surface area contributed by atoms with Gasteiger partial charge >= 0.3 is 0 Å². The highest BCUT2D eigenvalue weighted by atomic mass is 16.3. The Bertz CT molecular complexity index is 617. The zero-order chi connectivity index (χ0) is 14.7. The molecular weight excluding hydrogens is 262 g/mol. The first kappa shape index (κ1) is 13.9. The molecule has 3 heteroatoms. The minimum atomic E-state index is 0.0577. The molecule has 0 saturated heterocycles. The van der Waals surface area contributed by atoms with Crippen molar-refractivity contribution < 1.29 is 9.21 Å². The summed E-state index contributed by atoms with van der Waals surface area (Å²) in [6.45, 7) is 0. The van der Waals surface area contributed by atoms with Gasteiger partial charge in [-0.15, -0.1) is 0 Å². The third kappa shape index (κ3) is 3.18. The number of amides is 1. The molecule has 0 bridgehead atoms. The second kappa shape index (κ2) is 6.17. The Morgan fingerprint density at radius 1 is 1.24 bits per heavy atom. The van der Waals surface area contributed by atoms with Crippen molar-refractivity contribution in [3.05, 3.63) is 42.2 Å². The van der Waals surface area contributed by atoms with Crippen LogP contribution < -0.4 is 0 Å². The average molecular weight is 283 g/mol. The molecule has 1 aromatic carbocycles. The van der Waals surface area contributed by atoms with Crippen LogP contribution in [0.25, 0.3) is 17.0 Å². The van der Waals surface area contributed by atoms with Gasteiger partial charge in [0.05, 0.1) is 0 Å². The fraction of sp³-hybridized carbons (Fsp3) is 0.389. The van der Waals surface area contributed by atoms with E-state index in [-0.39, 0.29) is 5.91 Å². The van der Waals surface area contributed by atoms with Crippen molar-refractivity contribution in [2.75, 3.05) is 7.05 Å². The minimum Gasteiger partial charge on any atom is -0.457 e. The lowest BCUT2D eigenvalue weighted by atomic mass is 9.94. The van der Waals surface area contributed by atoms with Gasteiger partial charge in [-0.2, -0.15) is 0 Å². The molecule has 0 spiro atoms. The molecule has 3 nitrogen and oxygen atoms in total. The van der Waals surface area contributed by atoms with E-state index in [4.69, 9.17) is 4.42 Å². The van der Waals surface area contributed by atoms with E-state index in [0.29, 0.717) is 6.04 Å². The molecule has 0 N–H and O–H groups in total. The van der Waals surface area contributed by atoms with Gasteiger partial charge in [0.2, 0.25) is 5.91 Å². The summed E-state index contributed by atoms with van der Waals surface area (Å²) in [7, 11) is 1.90. The minimum absolute atomic E-state index is 0.0577. The van der Waals surface area contributed by atoms with Crippen LogP contribution in [0.3, 0.4) is 0 Å². The lowest BCUT2D eigenvalue weighted by Crippen LogP contribution is -2.37. The van der Waals surface area contributed by atoms with Gasteiger partial charge in [0.25, 0.3) is 0 Å². The van der Waals surface area contributed by atoms with Crippen molar-refractivity contribution in [1.29, 1.82) is 0 Å². The van der Waals surface area contributed by atoms with Gasteiger partial charge < -0.3 is 9.32 Å². The van der Waals surface area contributed by atoms with E-state index in [2.05, 4.69) is 0 Å². The molecule has 0 atom stereocenters. The van der Waals surface area contributed by atoms with Gasteiger partial charge in [-0.3, -0.25) is 4.79 Å². The zero-order valence-electron chi connectivity index (χ0n) is 12.4. The number of para-hydroxylation sites is 1. The quantitative estimate of drug-likeness (QED) is 0.789. The lowest BCUT2D eigenvalue weighted by molar-refractivity contribution is -0.127. The van der Waals surface area contributed by atoms with Crippen LogP contribution in [0.15, 0.2) is 40.8 Å². The normalized spacial score (nSPS) is 16.6. The first-order valence-electron chi connectivity index (χ1n) is 7.67. The summed E-state index contributed by atoms with van der Waals surface area (Å²) in [5, 5.41) is 1.06. The summed E-state index contributed by atoms with van der Waals surface area (Å²) in [5.41, 5.74) is 0.852. The molecule has 1 aromatic heterocycles. The number of benzene rings is 1. The maximum absolute atomic E-state index is 12.2. The van der Waals surface area contributed by atoms with E-state index >= 15 is 0 Å². The highest BCUT2D eigenvalue weighted by Gasteiger charge is 2.20. The van der Waals surface area contributed by atoms with Gasteiger partial charge in [-0.25, -0.2) is 0 Å². The molecule has 21 heavy (non-hydrogen) atoms. The third-order valence-electron chi connectivity index (χ3n) is 4.30. The molecular formula is C18H21NO2. The van der Waals surface area contributed by atoms with E-state index in [9.17, 15) is 4.79 Å². The third-order valence-corrected chi connectivity index (χ3v) is 4.30. The first-order valence-corrected chi connectivity index (χ1v) is 7.67. The summed E-state index contributed by atoms with van der Waals surface area (Å²) in [5.74, 6) is 0.781. The summed E-state index contributed by atoms with van der Waals surface area (Å²) >= 11 is 0. The van der Waals surface area contributed by atoms with Crippen molar-refractivity contribution in [3.8, 4) is 0 Å². The van der Waals surface area contributed by atoms with Crippen LogP contribution in [0.5, 0.6) is 0 Å². The smallest absolute Gasteiger partial charge is 0.246 e. The molecule has 1 heterocycles. The van der Waals surface area contributed by atoms with Gasteiger partial charge in [0.1, 0.15) is 11.3 Å². The number of carbonyl (C=O) groups excluding carboxylic acids is 1. The van der Waals surface area contributed by atoms with Crippen molar-refractivity contribution >= 4 is 23.0 Å². The van der Waals surface area contributed by atoms with Gasteiger partial charge in [0.15, 0.2) is 0 Å². The number of rotatable bonds is 3. The summed E-state index contributed by atoms with van der Waals surface area (Å²) in [6, 6.07) is 10.2. The number of carbonyl (C=O) groups is 1. The molecule has 0 aliphatic heterocycles. The predicted molar refractivity (Wildman–Crippen MR) is 84.9 cm³/mol. The number of hydrogen-bond donors (Lipinski definition) is 0. The number of hydrogen-bond acceptors (Lipinski definition) is 2. The van der Waals surface area contributed by atoms with Gasteiger partial charge in [0, 0.05) is 24.6 Å². The number of furan rings is 1. The molecule has 3 rings (SSSR count). The standard InChI is InChI=1S/C18H21NO2/c1-19(15-8-3-2-4-9-15)18(20)12-11-16-13-14-7-5-6-10-17(14)21-16/h5-7,10-13,15H,2-4,8-9H2,1H3/b12-11+. The Labute approximate surface area is 125 Å². The summed E-state index contributed by atoms with van der Waals surface area (Å²) in [4.78, 5) is 14.1. The maximum atomic E-state index is 12.2. The van der Waals surface area contributed by atoms with E-state index in [1.807, 2.05) is 42.3 Å². The van der Waals surface area contributed by atoms with Crippen LogP contribution in [0.4, 0.5) is 0 Å². The zero-order valence-corrected chi connectivity index (χ0v) is 12.4. The predicted octanol–water partition coefficient (Wildman–Crippen LogP) is 4.24. The molecule has 2 aromatic rings. The molecule has 0 radical (unpaired) electrons. The monoisotopic (exact) mass is 283 g/mol. The van der Waals surface area contributed by atoms with Crippen molar-refractivity contribution in [1.82, 2.24) is 4.90 Å². The Hall–Kier alpha value is -2.03. The van der Waals surface area contributed by atoms with E-state index in [1.54, 1.807) is 12.2 Å². The van der Waals surface area contributed by atoms with Crippen LogP contribution in [-0.4, -0.2) is 23.9 Å². The molecule has 1 fully saturated rings. The molecule has 110 valence electrons. The van der Waals surface area contributed by atoms with E-state index < -0.39 is 0 Å². The summed E-state index contributed by atoms with van der Waals surface area (Å²) < 4.78 is 5.69. The largest absolute Gasteiger partial charge is 0.457 e. The Kier molecular flexibility index (Phi) is 4.09. The SMILES string of the molecule is CN(C(=O)/C=C/c1cc2ccccc2o1)C1CCCCC1. The number of fused-ring (bicyclic) bond motifs is 1. The Morgan fingerprint density at radius 2 is 2.00 bits per heavy atom. The molecule has 1 aliphatic carbocycles. The lowest BCUT2D eigenvalue weighted by Gasteiger charge is -2.30. The van der Waals surface area contributed by atoms with Gasteiger partial charge in [-0.05, 0) is 31.1 Å². The summed E-state index contributed by atoms with van der Waals surface area (Å²) in [6.07, 6.45) is 9.40. The second-order valence-electron chi connectivity index (χ2n) is 5.76. The van der Waals surface area contributed by atoms with Gasteiger partial charge in [-0.1, -0.05) is 37.5 Å². The van der Waals surface area contributed by atoms with Crippen LogP contribution in [0.2, 0.25) is 0 Å². The van der Waals surface area contributed by atoms with Crippen LogP contribution in [0.1, 0.15) is 37.9 Å². The second-order valence-corrected chi connectivity index (χ2v) is 5.76. The molecule has 1 aliphatic rings. The number of likely N-dealkylation sites (N-methyl/N-ethyl adjacent to an activating group) is 1. The van der Waals surface area contributed by atoms with Crippen molar-refractivity contribution in [3.63, 3.8) is 0 Å². The molecule has 1 amide bonds.